The third-order valence-electron chi connectivity index (χ3n) is 5.65. The molecule has 2 heteroatoms. The van der Waals surface area contributed by atoms with Crippen LogP contribution in [0.1, 0.15) is 46.5 Å². The lowest BCUT2D eigenvalue weighted by Gasteiger charge is -2.39. The predicted molar refractivity (Wildman–Crippen MR) is 66.6 cm³/mol. The van der Waals surface area contributed by atoms with Crippen molar-refractivity contribution in [1.29, 1.82) is 0 Å². The Labute approximate surface area is 99.1 Å². The Morgan fingerprint density at radius 1 is 1.25 bits per heavy atom. The third-order valence-corrected chi connectivity index (χ3v) is 5.65. The van der Waals surface area contributed by atoms with Crippen LogP contribution < -0.4 is 5.43 Å². The zero-order valence-corrected chi connectivity index (χ0v) is 10.8. The van der Waals surface area contributed by atoms with E-state index in [1.165, 1.54) is 44.5 Å². The number of nitrogens with one attached hydrogen (secondary N) is 1. The van der Waals surface area contributed by atoms with Crippen LogP contribution in [0.3, 0.4) is 0 Å². The van der Waals surface area contributed by atoms with Gasteiger partial charge in [-0.25, -0.2) is 5.01 Å². The van der Waals surface area contributed by atoms with Crippen LogP contribution >= 0.6 is 0 Å². The maximum atomic E-state index is 3.70. The van der Waals surface area contributed by atoms with E-state index in [2.05, 4.69) is 37.3 Å². The van der Waals surface area contributed by atoms with Crippen molar-refractivity contribution in [3.8, 4) is 0 Å². The van der Waals surface area contributed by atoms with Crippen LogP contribution in [0.2, 0.25) is 0 Å². The number of hydrogen-bond acceptors (Lipinski definition) is 2. The number of fused-ring (bicyclic) bond motifs is 2. The average molecular weight is 220 g/mol. The fourth-order valence-electron chi connectivity index (χ4n) is 3.85. The number of hydrogen-bond donors (Lipinski definition) is 1. The largest absolute Gasteiger partial charge is 0.323 e. The van der Waals surface area contributed by atoms with Gasteiger partial charge < -0.3 is 5.43 Å². The van der Waals surface area contributed by atoms with E-state index < -0.39 is 0 Å². The summed E-state index contributed by atoms with van der Waals surface area (Å²) >= 11 is 0. The molecular weight excluding hydrogens is 196 g/mol. The van der Waals surface area contributed by atoms with Gasteiger partial charge in [0.05, 0.1) is 0 Å². The van der Waals surface area contributed by atoms with Gasteiger partial charge in [0.15, 0.2) is 0 Å². The quantitative estimate of drug-likeness (QED) is 0.769. The number of hydrazine groups is 1. The molecule has 2 unspecified atom stereocenters. The topological polar surface area (TPSA) is 15.3 Å². The zero-order chi connectivity index (χ0) is 11.4. The molecule has 2 bridgehead atoms. The van der Waals surface area contributed by atoms with Gasteiger partial charge in [-0.3, -0.25) is 0 Å². The predicted octanol–water partition coefficient (Wildman–Crippen LogP) is 2.93. The molecule has 90 valence electrons. The maximum absolute atomic E-state index is 3.70. The van der Waals surface area contributed by atoms with Crippen LogP contribution in [0.4, 0.5) is 0 Å². The molecule has 1 heterocycles. The van der Waals surface area contributed by atoms with Gasteiger partial charge in [-0.2, -0.15) is 0 Å². The van der Waals surface area contributed by atoms with Gasteiger partial charge in [0.25, 0.3) is 0 Å². The van der Waals surface area contributed by atoms with E-state index in [0.29, 0.717) is 10.8 Å². The summed E-state index contributed by atoms with van der Waals surface area (Å²) in [5.41, 5.74) is 6.05. The molecule has 0 radical (unpaired) electrons. The number of rotatable bonds is 2. The molecule has 0 aromatic carbocycles. The highest BCUT2D eigenvalue weighted by Gasteiger charge is 2.57. The fourth-order valence-corrected chi connectivity index (χ4v) is 3.85. The summed E-state index contributed by atoms with van der Waals surface area (Å²) in [6.45, 7) is 9.78. The van der Waals surface area contributed by atoms with Crippen molar-refractivity contribution in [1.82, 2.24) is 10.4 Å². The molecule has 1 N–H and O–H groups in total. The van der Waals surface area contributed by atoms with Crippen LogP contribution in [0, 0.1) is 16.7 Å². The molecule has 3 rings (SSSR count). The Balaban J connectivity index is 1.80. The van der Waals surface area contributed by atoms with E-state index in [1.807, 2.05) is 0 Å². The summed E-state index contributed by atoms with van der Waals surface area (Å²) < 4.78 is 0. The summed E-state index contributed by atoms with van der Waals surface area (Å²) in [5.74, 6) is 0.794. The van der Waals surface area contributed by atoms with Crippen LogP contribution in [0.15, 0.2) is 11.8 Å². The van der Waals surface area contributed by atoms with E-state index in [4.69, 9.17) is 0 Å². The lowest BCUT2D eigenvalue weighted by atomic mass is 9.69. The van der Waals surface area contributed by atoms with Crippen LogP contribution in [0.5, 0.6) is 0 Å². The molecular formula is C14H24N2. The lowest BCUT2D eigenvalue weighted by Crippen LogP contribution is -2.42. The molecule has 1 saturated carbocycles. The maximum Gasteiger partial charge on any atom is 0.0292 e. The first-order valence-corrected chi connectivity index (χ1v) is 6.78. The van der Waals surface area contributed by atoms with E-state index in [9.17, 15) is 0 Å². The van der Waals surface area contributed by atoms with Crippen molar-refractivity contribution in [2.75, 3.05) is 13.1 Å². The van der Waals surface area contributed by atoms with Gasteiger partial charge in [0, 0.05) is 24.2 Å². The highest BCUT2D eigenvalue weighted by Crippen LogP contribution is 2.64. The minimum atomic E-state index is 0.389. The molecule has 3 aliphatic rings. The lowest BCUT2D eigenvalue weighted by molar-refractivity contribution is 0.139. The molecule has 0 amide bonds. The van der Waals surface area contributed by atoms with Gasteiger partial charge in [-0.05, 0) is 37.0 Å². The molecule has 0 aromatic heterocycles. The summed E-state index contributed by atoms with van der Waals surface area (Å²) in [7, 11) is 0. The van der Waals surface area contributed by atoms with Gasteiger partial charge in [-0.1, -0.05) is 26.8 Å². The second-order valence-corrected chi connectivity index (χ2v) is 6.59. The summed E-state index contributed by atoms with van der Waals surface area (Å²) in [5, 5.41) is 2.41. The Hall–Kier alpha value is -0.500. The van der Waals surface area contributed by atoms with E-state index >= 15 is 0 Å². The Morgan fingerprint density at radius 2 is 1.94 bits per heavy atom. The van der Waals surface area contributed by atoms with Crippen molar-refractivity contribution in [2.45, 2.75) is 46.5 Å². The minimum Gasteiger partial charge on any atom is -0.323 e. The van der Waals surface area contributed by atoms with Crippen LogP contribution in [0.25, 0.3) is 0 Å². The van der Waals surface area contributed by atoms with Crippen molar-refractivity contribution in [3.05, 3.63) is 11.8 Å². The Morgan fingerprint density at radius 3 is 2.44 bits per heavy atom. The molecule has 2 fully saturated rings. The SMILES string of the molecule is CC12CCC(C=C1NN1CCCC1)C2(C)C. The highest BCUT2D eigenvalue weighted by atomic mass is 15.5. The van der Waals surface area contributed by atoms with E-state index in [1.54, 1.807) is 0 Å². The molecule has 0 spiro atoms. The average Bonchev–Trinajstić information content (AvgIpc) is 2.84. The molecule has 2 atom stereocenters. The van der Waals surface area contributed by atoms with Crippen molar-refractivity contribution >= 4 is 0 Å². The second-order valence-electron chi connectivity index (χ2n) is 6.59. The first-order chi connectivity index (χ1) is 7.54. The second kappa shape index (κ2) is 3.25. The van der Waals surface area contributed by atoms with E-state index in [-0.39, 0.29) is 0 Å². The first-order valence-electron chi connectivity index (χ1n) is 6.78. The third kappa shape index (κ3) is 1.22. The molecule has 2 nitrogen and oxygen atoms in total. The van der Waals surface area contributed by atoms with E-state index in [0.717, 1.165) is 5.92 Å². The summed E-state index contributed by atoms with van der Waals surface area (Å²) in [6, 6.07) is 0. The number of allylic oxidation sites excluding steroid dienone is 2. The Kier molecular flexibility index (Phi) is 2.16. The molecule has 2 aliphatic carbocycles. The minimum absolute atomic E-state index is 0.389. The summed E-state index contributed by atoms with van der Waals surface area (Å²) in [6.07, 6.45) is 7.96. The van der Waals surface area contributed by atoms with Gasteiger partial charge in [-0.15, -0.1) is 0 Å². The standard InChI is InChI=1S/C14H24N2/c1-13(2)11-6-7-14(13,3)12(10-11)15-16-8-4-5-9-16/h10-11,15H,4-9H2,1-3H3. The van der Waals surface area contributed by atoms with Crippen molar-refractivity contribution < 1.29 is 0 Å². The summed E-state index contributed by atoms with van der Waals surface area (Å²) in [4.78, 5) is 0. The fraction of sp³-hybridized carbons (Fsp3) is 0.857. The zero-order valence-electron chi connectivity index (χ0n) is 10.8. The monoisotopic (exact) mass is 220 g/mol. The molecule has 1 aliphatic heterocycles. The molecule has 1 saturated heterocycles. The Bertz CT molecular complexity index is 326. The van der Waals surface area contributed by atoms with Crippen molar-refractivity contribution in [3.63, 3.8) is 0 Å². The highest BCUT2D eigenvalue weighted by molar-refractivity contribution is 5.30. The molecule has 0 aromatic rings. The normalized spacial score (nSPS) is 41.4. The molecule has 16 heavy (non-hydrogen) atoms. The van der Waals surface area contributed by atoms with Crippen LogP contribution in [-0.4, -0.2) is 18.1 Å². The van der Waals surface area contributed by atoms with Crippen molar-refractivity contribution in [2.24, 2.45) is 16.7 Å². The number of nitrogens with zero attached hydrogens (tertiary/aromatic N) is 1. The van der Waals surface area contributed by atoms with Gasteiger partial charge in [0.1, 0.15) is 0 Å². The smallest absolute Gasteiger partial charge is 0.0292 e. The van der Waals surface area contributed by atoms with Gasteiger partial charge in [0.2, 0.25) is 0 Å². The first kappa shape index (κ1) is 10.6. The van der Waals surface area contributed by atoms with Gasteiger partial charge >= 0.3 is 0 Å². The van der Waals surface area contributed by atoms with Crippen LogP contribution in [-0.2, 0) is 0 Å².